The smallest absolute Gasteiger partial charge is 0.306 e. The van der Waals surface area contributed by atoms with Crippen molar-refractivity contribution < 1.29 is 24.2 Å². The van der Waals surface area contributed by atoms with Crippen LogP contribution < -0.4 is 0 Å². The lowest BCUT2D eigenvalue weighted by Gasteiger charge is -2.15. The van der Waals surface area contributed by atoms with E-state index >= 15 is 0 Å². The van der Waals surface area contributed by atoms with Gasteiger partial charge in [-0.05, 0) is 109 Å². The number of esters is 2. The molecule has 0 heterocycles. The quantitative estimate of drug-likeness (QED) is 0.0373. The molecule has 0 fully saturated rings. The fourth-order valence-corrected chi connectivity index (χ4v) is 8.76. The number of aliphatic hydroxyl groups is 1. The fourth-order valence-electron chi connectivity index (χ4n) is 8.76. The third-order valence-electron chi connectivity index (χ3n) is 13.4. The van der Waals surface area contributed by atoms with Gasteiger partial charge in [-0.15, -0.1) is 0 Å². The van der Waals surface area contributed by atoms with E-state index in [2.05, 4.69) is 148 Å². The Kier molecular flexibility index (Phi) is 61.9. The van der Waals surface area contributed by atoms with Crippen LogP contribution in [0.15, 0.2) is 134 Å². The van der Waals surface area contributed by atoms with Crippen LogP contribution in [-0.2, 0) is 19.1 Å². The van der Waals surface area contributed by atoms with E-state index in [1.807, 2.05) is 0 Å². The fraction of sp³-hybridized carbons (Fsp3) is 0.662. The van der Waals surface area contributed by atoms with Crippen LogP contribution in [0.25, 0.3) is 0 Å². The number of allylic oxidation sites excluding steroid dienone is 22. The summed E-state index contributed by atoms with van der Waals surface area (Å²) in [6.45, 7) is 3.90. The number of carbonyl (C=O) groups excluding carboxylic acids is 2. The molecule has 1 atom stereocenters. The number of aliphatic hydroxyl groups excluding tert-OH is 1. The number of hydrogen-bond donors (Lipinski definition) is 1. The molecule has 0 aromatic heterocycles. The predicted octanol–water partition coefficient (Wildman–Crippen LogP) is 22.0. The maximum Gasteiger partial charge on any atom is 0.306 e. The van der Waals surface area contributed by atoms with E-state index in [9.17, 15) is 14.7 Å². The normalized spacial score (nSPS) is 13.1. The third kappa shape index (κ3) is 62.6. The number of ether oxygens (including phenoxy) is 2. The van der Waals surface area contributed by atoms with E-state index in [1.165, 1.54) is 135 Å². The average molecular weight is 1050 g/mol. The number of unbranched alkanes of at least 4 members (excludes halogenated alkanes) is 27. The minimum absolute atomic E-state index is 0.0808. The van der Waals surface area contributed by atoms with Crippen molar-refractivity contribution in [2.24, 2.45) is 0 Å². The average Bonchev–Trinajstić information content (AvgIpc) is 3.42. The van der Waals surface area contributed by atoms with Crippen LogP contribution >= 0.6 is 0 Å². The van der Waals surface area contributed by atoms with Crippen LogP contribution in [0.4, 0.5) is 0 Å². The molecule has 0 aliphatic heterocycles. The van der Waals surface area contributed by atoms with Crippen molar-refractivity contribution in [3.05, 3.63) is 134 Å². The molecule has 0 aliphatic carbocycles. The summed E-state index contributed by atoms with van der Waals surface area (Å²) in [5.41, 5.74) is 0. The van der Waals surface area contributed by atoms with E-state index in [0.29, 0.717) is 12.8 Å². The van der Waals surface area contributed by atoms with Crippen molar-refractivity contribution in [1.82, 2.24) is 0 Å². The molecular weight excluding hydrogens is 933 g/mol. The van der Waals surface area contributed by atoms with Crippen LogP contribution in [-0.4, -0.2) is 36.4 Å². The largest absolute Gasteiger partial charge is 0.462 e. The summed E-state index contributed by atoms with van der Waals surface area (Å²) in [5.74, 6) is -0.617. The number of carbonyl (C=O) groups is 2. The third-order valence-corrected chi connectivity index (χ3v) is 13.4. The molecule has 0 bridgehead atoms. The molecule has 432 valence electrons. The summed E-state index contributed by atoms with van der Waals surface area (Å²) in [6, 6.07) is 0. The Hall–Kier alpha value is -3.96. The lowest BCUT2D eigenvalue weighted by molar-refractivity contribution is -0.161. The molecule has 0 aliphatic rings. The van der Waals surface area contributed by atoms with Gasteiger partial charge in [-0.2, -0.15) is 0 Å². The molecular formula is C71H118O5. The topological polar surface area (TPSA) is 72.8 Å². The van der Waals surface area contributed by atoms with Crippen molar-refractivity contribution in [3.8, 4) is 0 Å². The maximum absolute atomic E-state index is 12.3. The first-order valence-corrected chi connectivity index (χ1v) is 31.7. The molecule has 0 amide bonds. The molecule has 1 N–H and O–H groups in total. The van der Waals surface area contributed by atoms with Crippen molar-refractivity contribution >= 4 is 11.9 Å². The van der Waals surface area contributed by atoms with E-state index in [4.69, 9.17) is 9.47 Å². The van der Waals surface area contributed by atoms with E-state index < -0.39 is 6.10 Å². The van der Waals surface area contributed by atoms with Crippen LogP contribution in [0.1, 0.15) is 284 Å². The zero-order chi connectivity index (χ0) is 54.8. The van der Waals surface area contributed by atoms with Gasteiger partial charge in [-0.1, -0.05) is 295 Å². The predicted molar refractivity (Wildman–Crippen MR) is 334 cm³/mol. The van der Waals surface area contributed by atoms with Gasteiger partial charge in [0.15, 0.2) is 6.10 Å². The summed E-state index contributed by atoms with van der Waals surface area (Å²) in [7, 11) is 0. The Bertz CT molecular complexity index is 1570. The number of hydrogen-bond acceptors (Lipinski definition) is 5. The van der Waals surface area contributed by atoms with Crippen LogP contribution in [0.5, 0.6) is 0 Å². The minimum atomic E-state index is -0.794. The van der Waals surface area contributed by atoms with E-state index in [-0.39, 0.29) is 25.2 Å². The monoisotopic (exact) mass is 1050 g/mol. The van der Waals surface area contributed by atoms with Crippen molar-refractivity contribution in [2.75, 3.05) is 13.2 Å². The molecule has 0 spiro atoms. The maximum atomic E-state index is 12.3. The van der Waals surface area contributed by atoms with Crippen LogP contribution in [0.3, 0.4) is 0 Å². The second-order valence-electron chi connectivity index (χ2n) is 20.7. The highest BCUT2D eigenvalue weighted by molar-refractivity contribution is 5.70. The standard InChI is InChI=1S/C71H118O5/c1-3-5-7-9-11-13-15-17-19-21-23-25-27-28-29-30-31-32-33-34-35-36-37-38-39-40-41-42-44-45-47-49-51-53-55-57-59-61-63-65-70(73)75-68-69(67-72)76-71(74)66-64-62-60-58-56-54-52-50-48-46-43-26-24-22-20-18-16-14-12-10-8-6-4-2/h5-8,11-14,17-20,23-26,28-29,46,48,52,54,69,72H,3-4,9-10,15-16,21-22,27,30-45,47,49-51,53,55-68H2,1-2H3/b7-5-,8-6-,13-11-,14-12-,19-17-,20-18-,25-23-,26-24-,29-28-,48-46-,54-52-. The lowest BCUT2D eigenvalue weighted by atomic mass is 10.0. The van der Waals surface area contributed by atoms with Gasteiger partial charge in [0.1, 0.15) is 6.61 Å². The van der Waals surface area contributed by atoms with E-state index in [1.54, 1.807) is 0 Å². The highest BCUT2D eigenvalue weighted by Crippen LogP contribution is 2.17. The summed E-state index contributed by atoms with van der Waals surface area (Å²) in [4.78, 5) is 24.6. The van der Waals surface area contributed by atoms with Gasteiger partial charge >= 0.3 is 11.9 Å². The molecule has 0 aromatic carbocycles. The summed E-state index contributed by atoms with van der Waals surface area (Å²) in [6.07, 6.45) is 97.4. The first-order chi connectivity index (χ1) is 37.6. The summed E-state index contributed by atoms with van der Waals surface area (Å²) < 4.78 is 10.7. The Morgan fingerprint density at radius 3 is 0.789 bits per heavy atom. The zero-order valence-electron chi connectivity index (χ0n) is 49.5. The Morgan fingerprint density at radius 2 is 0.526 bits per heavy atom. The van der Waals surface area contributed by atoms with Gasteiger partial charge in [0.2, 0.25) is 0 Å². The molecule has 76 heavy (non-hydrogen) atoms. The second kappa shape index (κ2) is 65.3. The molecule has 0 aromatic rings. The zero-order valence-corrected chi connectivity index (χ0v) is 49.5. The van der Waals surface area contributed by atoms with E-state index in [0.717, 1.165) is 122 Å². The van der Waals surface area contributed by atoms with Crippen LogP contribution in [0.2, 0.25) is 0 Å². The van der Waals surface area contributed by atoms with Gasteiger partial charge in [-0.3, -0.25) is 9.59 Å². The highest BCUT2D eigenvalue weighted by atomic mass is 16.6. The molecule has 0 radical (unpaired) electrons. The van der Waals surface area contributed by atoms with Crippen molar-refractivity contribution in [1.29, 1.82) is 0 Å². The lowest BCUT2D eigenvalue weighted by Crippen LogP contribution is -2.28. The van der Waals surface area contributed by atoms with Gasteiger partial charge in [0.25, 0.3) is 0 Å². The first kappa shape index (κ1) is 72.0. The Labute approximate surface area is 470 Å². The van der Waals surface area contributed by atoms with Gasteiger partial charge in [-0.25, -0.2) is 0 Å². The number of rotatable bonds is 57. The molecule has 0 saturated heterocycles. The first-order valence-electron chi connectivity index (χ1n) is 31.7. The minimum Gasteiger partial charge on any atom is -0.462 e. The van der Waals surface area contributed by atoms with Crippen LogP contribution in [0, 0.1) is 0 Å². The molecule has 5 nitrogen and oxygen atoms in total. The summed E-state index contributed by atoms with van der Waals surface area (Å²) in [5, 5.41) is 9.67. The summed E-state index contributed by atoms with van der Waals surface area (Å²) >= 11 is 0. The van der Waals surface area contributed by atoms with Crippen molar-refractivity contribution in [3.63, 3.8) is 0 Å². The molecule has 1 unspecified atom stereocenters. The van der Waals surface area contributed by atoms with Crippen molar-refractivity contribution in [2.45, 2.75) is 290 Å². The highest BCUT2D eigenvalue weighted by Gasteiger charge is 2.16. The van der Waals surface area contributed by atoms with Gasteiger partial charge < -0.3 is 14.6 Å². The Morgan fingerprint density at radius 1 is 0.303 bits per heavy atom. The SMILES string of the molecule is CC/C=C\C/C=C\C/C=C\C/C=C\C/C=C\C/C=C\CCCCCCC(=O)OC(CO)COC(=O)CCCCCCCCCCCCCCCCCCCCCCCCC/C=C\C/C=C\C/C=C\C/C=C\C/C=C\CC. The molecule has 0 saturated carbocycles. The molecule has 5 heteroatoms. The molecule has 0 rings (SSSR count). The van der Waals surface area contributed by atoms with Gasteiger partial charge in [0.05, 0.1) is 6.61 Å². The Balaban J connectivity index is 3.48. The van der Waals surface area contributed by atoms with Gasteiger partial charge in [0, 0.05) is 12.8 Å². The second-order valence-corrected chi connectivity index (χ2v) is 20.7.